The third-order valence-electron chi connectivity index (χ3n) is 3.89. The molecule has 148 valence electrons. The van der Waals surface area contributed by atoms with Crippen LogP contribution in [-0.4, -0.2) is 24.4 Å². The fraction of sp³-hybridized carbons (Fsp3) is 0.412. The van der Waals surface area contributed by atoms with Gasteiger partial charge >= 0.3 is 12.4 Å². The highest BCUT2D eigenvalue weighted by atomic mass is 19.4. The molecule has 1 atom stereocenters. The molecule has 2 amide bonds. The molecule has 0 radical (unpaired) electrons. The zero-order valence-electron chi connectivity index (χ0n) is 13.9. The smallest absolute Gasteiger partial charge is 0.354 e. The van der Waals surface area contributed by atoms with Crippen molar-refractivity contribution >= 4 is 17.9 Å². The molecule has 1 fully saturated rings. The van der Waals surface area contributed by atoms with Crippen LogP contribution in [0.4, 0.5) is 26.3 Å². The molecular formula is C17H16F6N2O2. The summed E-state index contributed by atoms with van der Waals surface area (Å²) in [5, 5.41) is 4.98. The summed E-state index contributed by atoms with van der Waals surface area (Å²) in [6.07, 6.45) is -6.46. The standard InChI is InChI=1S/C17H16F6N2O2/c18-16(19,20)11-7-10(8-12(9-11)17(21,22)23)4-5-14(26)25-13-3-1-2-6-24-15(13)27/h4-5,7-9,13H,1-3,6H2,(H,24,27)(H,25,26)/b5-4+. The molecular weight excluding hydrogens is 378 g/mol. The second-order valence-corrected chi connectivity index (χ2v) is 6.02. The van der Waals surface area contributed by atoms with Crippen molar-refractivity contribution in [2.45, 2.75) is 37.7 Å². The highest BCUT2D eigenvalue weighted by Crippen LogP contribution is 2.36. The van der Waals surface area contributed by atoms with Crippen molar-refractivity contribution in [2.24, 2.45) is 0 Å². The summed E-state index contributed by atoms with van der Waals surface area (Å²) in [5.74, 6) is -1.17. The summed E-state index contributed by atoms with van der Waals surface area (Å²) >= 11 is 0. The first-order valence-corrected chi connectivity index (χ1v) is 8.02. The fourth-order valence-electron chi connectivity index (χ4n) is 2.54. The minimum absolute atomic E-state index is 0.00722. The largest absolute Gasteiger partial charge is 0.416 e. The Bertz CT molecular complexity index is 708. The number of carbonyl (C=O) groups is 2. The van der Waals surface area contributed by atoms with E-state index in [1.807, 2.05) is 0 Å². The van der Waals surface area contributed by atoms with Gasteiger partial charge in [-0.25, -0.2) is 0 Å². The second-order valence-electron chi connectivity index (χ2n) is 6.02. The molecule has 10 heteroatoms. The normalized spacial score (nSPS) is 18.9. The Morgan fingerprint density at radius 2 is 1.63 bits per heavy atom. The van der Waals surface area contributed by atoms with Crippen LogP contribution in [-0.2, 0) is 21.9 Å². The van der Waals surface area contributed by atoms with Crippen LogP contribution in [0.25, 0.3) is 6.08 Å². The first-order valence-electron chi connectivity index (χ1n) is 8.02. The van der Waals surface area contributed by atoms with Crippen LogP contribution in [0.3, 0.4) is 0 Å². The van der Waals surface area contributed by atoms with Crippen molar-refractivity contribution in [1.29, 1.82) is 0 Å². The summed E-state index contributed by atoms with van der Waals surface area (Å²) in [7, 11) is 0. The quantitative estimate of drug-likeness (QED) is 0.609. The average molecular weight is 394 g/mol. The second kappa shape index (κ2) is 8.01. The number of benzene rings is 1. The van der Waals surface area contributed by atoms with Crippen LogP contribution >= 0.6 is 0 Å². The van der Waals surface area contributed by atoms with Crippen LogP contribution in [0.1, 0.15) is 36.0 Å². The zero-order valence-corrected chi connectivity index (χ0v) is 13.9. The molecule has 1 saturated heterocycles. The summed E-state index contributed by atoms with van der Waals surface area (Å²) in [4.78, 5) is 23.6. The van der Waals surface area contributed by atoms with E-state index >= 15 is 0 Å². The topological polar surface area (TPSA) is 58.2 Å². The number of nitrogens with one attached hydrogen (secondary N) is 2. The summed E-state index contributed by atoms with van der Waals surface area (Å²) < 4.78 is 76.9. The molecule has 1 unspecified atom stereocenters. The van der Waals surface area contributed by atoms with Gasteiger partial charge in [0.1, 0.15) is 6.04 Å². The number of halogens is 6. The number of rotatable bonds is 3. The van der Waals surface area contributed by atoms with E-state index in [1.54, 1.807) is 0 Å². The molecule has 27 heavy (non-hydrogen) atoms. The van der Waals surface area contributed by atoms with E-state index in [1.165, 1.54) is 0 Å². The van der Waals surface area contributed by atoms with Crippen LogP contribution in [0.5, 0.6) is 0 Å². The molecule has 1 aliphatic heterocycles. The molecule has 0 bridgehead atoms. The van der Waals surface area contributed by atoms with Gasteiger partial charge in [0.15, 0.2) is 0 Å². The van der Waals surface area contributed by atoms with Crippen LogP contribution in [0, 0.1) is 0 Å². The van der Waals surface area contributed by atoms with E-state index in [2.05, 4.69) is 10.6 Å². The van der Waals surface area contributed by atoms with Gasteiger partial charge in [-0.15, -0.1) is 0 Å². The fourth-order valence-corrected chi connectivity index (χ4v) is 2.54. The lowest BCUT2D eigenvalue weighted by Crippen LogP contribution is -2.44. The lowest BCUT2D eigenvalue weighted by molar-refractivity contribution is -0.143. The molecule has 1 aliphatic rings. The number of hydrogen-bond acceptors (Lipinski definition) is 2. The number of alkyl halides is 6. The molecule has 1 aromatic carbocycles. The summed E-state index contributed by atoms with van der Waals surface area (Å²) in [5.41, 5.74) is -3.38. The SMILES string of the molecule is O=C(/C=C/c1cc(C(F)(F)F)cc(C(F)(F)F)c1)NC1CCCCNC1=O. The minimum Gasteiger partial charge on any atom is -0.354 e. The average Bonchev–Trinajstić information content (AvgIpc) is 2.76. The molecule has 1 aromatic rings. The van der Waals surface area contributed by atoms with E-state index in [9.17, 15) is 35.9 Å². The van der Waals surface area contributed by atoms with Gasteiger partial charge in [-0.1, -0.05) is 0 Å². The van der Waals surface area contributed by atoms with Gasteiger partial charge in [-0.05, 0) is 49.1 Å². The van der Waals surface area contributed by atoms with Gasteiger partial charge in [0.2, 0.25) is 11.8 Å². The maximum atomic E-state index is 12.8. The lowest BCUT2D eigenvalue weighted by atomic mass is 10.0. The van der Waals surface area contributed by atoms with Crippen molar-refractivity contribution in [3.8, 4) is 0 Å². The van der Waals surface area contributed by atoms with Gasteiger partial charge in [-0.2, -0.15) is 26.3 Å². The van der Waals surface area contributed by atoms with Gasteiger partial charge in [0.05, 0.1) is 11.1 Å². The van der Waals surface area contributed by atoms with Crippen molar-refractivity contribution in [3.05, 3.63) is 41.0 Å². The Labute approximate surface area is 150 Å². The molecule has 1 heterocycles. The van der Waals surface area contributed by atoms with Crippen molar-refractivity contribution in [2.75, 3.05) is 6.54 Å². The monoisotopic (exact) mass is 394 g/mol. The van der Waals surface area contributed by atoms with Crippen LogP contribution in [0.15, 0.2) is 24.3 Å². The molecule has 0 aliphatic carbocycles. The molecule has 4 nitrogen and oxygen atoms in total. The summed E-state index contributed by atoms with van der Waals surface area (Å²) in [6, 6.07) is 0.235. The van der Waals surface area contributed by atoms with E-state index < -0.39 is 41.0 Å². The predicted octanol–water partition coefficient (Wildman–Crippen LogP) is 3.52. The Morgan fingerprint density at radius 1 is 1.04 bits per heavy atom. The van der Waals surface area contributed by atoms with Crippen molar-refractivity contribution < 1.29 is 35.9 Å². The zero-order chi connectivity index (χ0) is 20.2. The van der Waals surface area contributed by atoms with E-state index in [0.717, 1.165) is 18.6 Å². The lowest BCUT2D eigenvalue weighted by Gasteiger charge is -2.14. The van der Waals surface area contributed by atoms with Gasteiger partial charge in [0.25, 0.3) is 0 Å². The Kier molecular flexibility index (Phi) is 6.17. The molecule has 0 aromatic heterocycles. The highest BCUT2D eigenvalue weighted by Gasteiger charge is 2.36. The van der Waals surface area contributed by atoms with Gasteiger partial charge in [-0.3, -0.25) is 9.59 Å². The number of carbonyl (C=O) groups excluding carboxylic acids is 2. The highest BCUT2D eigenvalue weighted by molar-refractivity contribution is 5.95. The third kappa shape index (κ3) is 6.00. The first kappa shape index (κ1) is 20.8. The van der Waals surface area contributed by atoms with Crippen molar-refractivity contribution in [3.63, 3.8) is 0 Å². The molecule has 2 rings (SSSR count). The maximum absolute atomic E-state index is 12.8. The van der Waals surface area contributed by atoms with E-state index in [-0.39, 0.29) is 12.0 Å². The van der Waals surface area contributed by atoms with Crippen molar-refractivity contribution in [1.82, 2.24) is 10.6 Å². The Hall–Kier alpha value is -2.52. The third-order valence-corrected chi connectivity index (χ3v) is 3.89. The Balaban J connectivity index is 2.19. The van der Waals surface area contributed by atoms with E-state index in [0.29, 0.717) is 31.5 Å². The van der Waals surface area contributed by atoms with Crippen LogP contribution < -0.4 is 10.6 Å². The van der Waals surface area contributed by atoms with Crippen LogP contribution in [0.2, 0.25) is 0 Å². The molecule has 2 N–H and O–H groups in total. The predicted molar refractivity (Wildman–Crippen MR) is 84.3 cm³/mol. The molecule has 0 saturated carbocycles. The van der Waals surface area contributed by atoms with Gasteiger partial charge < -0.3 is 10.6 Å². The van der Waals surface area contributed by atoms with E-state index in [4.69, 9.17) is 0 Å². The Morgan fingerprint density at radius 3 is 2.19 bits per heavy atom. The molecule has 0 spiro atoms. The summed E-state index contributed by atoms with van der Waals surface area (Å²) in [6.45, 7) is 0.478. The first-order chi connectivity index (χ1) is 12.5. The van der Waals surface area contributed by atoms with Gasteiger partial charge in [0, 0.05) is 12.6 Å². The maximum Gasteiger partial charge on any atom is 0.416 e. The minimum atomic E-state index is -4.97. The number of hydrogen-bond donors (Lipinski definition) is 2. The number of amides is 2.